The number of benzene rings is 2. The van der Waals surface area contributed by atoms with E-state index in [1.807, 2.05) is 24.3 Å². The molecule has 2 aliphatic carbocycles. The van der Waals surface area contributed by atoms with Crippen LogP contribution in [0, 0.1) is 15.3 Å². The maximum Gasteiger partial charge on any atom is 0.247 e. The third kappa shape index (κ3) is 8.02. The third-order valence-electron chi connectivity index (χ3n) is 7.50. The summed E-state index contributed by atoms with van der Waals surface area (Å²) >= 11 is 2.15. The normalized spacial score (nSPS) is 21.3. The van der Waals surface area contributed by atoms with Crippen molar-refractivity contribution in [3.05, 3.63) is 75.1 Å². The van der Waals surface area contributed by atoms with Crippen LogP contribution in [0.25, 0.3) is 0 Å². The van der Waals surface area contributed by atoms with Gasteiger partial charge in [0, 0.05) is 31.5 Å². The molecule has 0 heterocycles. The second-order valence-electron chi connectivity index (χ2n) is 10.3. The summed E-state index contributed by atoms with van der Waals surface area (Å²) in [6, 6.07) is 13.0. The predicted octanol–water partition coefficient (Wildman–Crippen LogP) is 4.00. The molecule has 0 aliphatic heterocycles. The molecular weight excluding hydrogens is 614 g/mol. The highest BCUT2D eigenvalue weighted by Crippen LogP contribution is 2.32. The Balaban J connectivity index is 1.63. The first-order chi connectivity index (χ1) is 18.9. The molecule has 39 heavy (non-hydrogen) atoms. The molecular formula is C30H36FIN2O5. The van der Waals surface area contributed by atoms with Crippen LogP contribution in [0.15, 0.2) is 60.2 Å². The summed E-state index contributed by atoms with van der Waals surface area (Å²) in [5.74, 6) is 0.0808. The molecule has 2 aliphatic rings. The van der Waals surface area contributed by atoms with Crippen LogP contribution in [0.4, 0.5) is 4.39 Å². The number of nitrogens with one attached hydrogen (secondary N) is 1. The molecule has 3 unspecified atom stereocenters. The van der Waals surface area contributed by atoms with Crippen molar-refractivity contribution < 1.29 is 28.9 Å². The van der Waals surface area contributed by atoms with Crippen LogP contribution in [-0.2, 0) is 16.0 Å². The number of carbonyl (C=O) groups is 2. The molecule has 1 fully saturated rings. The van der Waals surface area contributed by atoms with E-state index in [1.54, 1.807) is 23.1 Å². The highest BCUT2D eigenvalue weighted by Gasteiger charge is 2.41. The van der Waals surface area contributed by atoms with Gasteiger partial charge in [0.2, 0.25) is 11.8 Å². The number of hydrogen-bond acceptors (Lipinski definition) is 5. The Morgan fingerprint density at radius 2 is 1.90 bits per heavy atom. The van der Waals surface area contributed by atoms with E-state index in [0.29, 0.717) is 30.1 Å². The molecule has 0 radical (unpaired) electrons. The number of carbonyl (C=O) groups excluding carboxylic acids is 2. The summed E-state index contributed by atoms with van der Waals surface area (Å²) in [5.41, 5.74) is 1.14. The Morgan fingerprint density at radius 3 is 2.62 bits per heavy atom. The fourth-order valence-electron chi connectivity index (χ4n) is 5.46. The van der Waals surface area contributed by atoms with Gasteiger partial charge in [0.15, 0.2) is 0 Å². The van der Waals surface area contributed by atoms with E-state index in [9.17, 15) is 24.2 Å². The maximum atomic E-state index is 13.9. The summed E-state index contributed by atoms with van der Waals surface area (Å²) in [6.07, 6.45) is 4.81. The number of aliphatic hydroxyl groups is 2. The number of para-hydroxylation sites is 1. The fraction of sp³-hybridized carbons (Fsp3) is 0.467. The van der Waals surface area contributed by atoms with Crippen molar-refractivity contribution in [3.8, 4) is 5.75 Å². The maximum absolute atomic E-state index is 13.9. The van der Waals surface area contributed by atoms with Crippen LogP contribution >= 0.6 is 22.6 Å². The lowest BCUT2D eigenvalue weighted by molar-refractivity contribution is -0.139. The summed E-state index contributed by atoms with van der Waals surface area (Å²) in [5, 5.41) is 23.5. The van der Waals surface area contributed by atoms with Gasteiger partial charge in [-0.1, -0.05) is 37.1 Å². The molecule has 2 amide bonds. The van der Waals surface area contributed by atoms with Gasteiger partial charge < -0.3 is 25.2 Å². The van der Waals surface area contributed by atoms with Crippen LogP contribution in [0.3, 0.4) is 0 Å². The SMILES string of the molecule is O=C(NCCO)C1=CC(Oc2ccccc2I)C(O)C(N(CCc2cccc(F)c2)C(=O)CC2CCCC2)C1. The monoisotopic (exact) mass is 650 g/mol. The van der Waals surface area contributed by atoms with Crippen molar-refractivity contribution in [2.75, 3.05) is 19.7 Å². The zero-order valence-corrected chi connectivity index (χ0v) is 24.1. The van der Waals surface area contributed by atoms with Crippen molar-refractivity contribution in [1.29, 1.82) is 0 Å². The molecule has 0 bridgehead atoms. The van der Waals surface area contributed by atoms with E-state index in [-0.39, 0.29) is 43.7 Å². The van der Waals surface area contributed by atoms with Crippen molar-refractivity contribution in [2.45, 2.75) is 63.2 Å². The number of rotatable bonds is 11. The minimum Gasteiger partial charge on any atom is -0.482 e. The molecule has 1 saturated carbocycles. The topological polar surface area (TPSA) is 99.1 Å². The number of ether oxygens (including phenoxy) is 1. The number of hydrogen-bond donors (Lipinski definition) is 3. The van der Waals surface area contributed by atoms with E-state index >= 15 is 0 Å². The molecule has 4 rings (SSSR count). The predicted molar refractivity (Wildman–Crippen MR) is 155 cm³/mol. The average molecular weight is 651 g/mol. The van der Waals surface area contributed by atoms with E-state index in [0.717, 1.165) is 34.8 Å². The Hall–Kier alpha value is -2.50. The van der Waals surface area contributed by atoms with Crippen LogP contribution in [0.1, 0.15) is 44.1 Å². The van der Waals surface area contributed by atoms with Crippen LogP contribution in [0.2, 0.25) is 0 Å². The Morgan fingerprint density at radius 1 is 1.13 bits per heavy atom. The second kappa shape index (κ2) is 14.2. The minimum atomic E-state index is -1.09. The largest absolute Gasteiger partial charge is 0.482 e. The van der Waals surface area contributed by atoms with Gasteiger partial charge in [-0.2, -0.15) is 0 Å². The van der Waals surface area contributed by atoms with Crippen molar-refractivity contribution in [2.24, 2.45) is 5.92 Å². The van der Waals surface area contributed by atoms with Gasteiger partial charge in [-0.05, 0) is 83.7 Å². The zero-order chi connectivity index (χ0) is 27.8. The van der Waals surface area contributed by atoms with Gasteiger partial charge in [-0.25, -0.2) is 4.39 Å². The zero-order valence-electron chi connectivity index (χ0n) is 21.9. The number of nitrogens with zero attached hydrogens (tertiary/aromatic N) is 1. The molecule has 210 valence electrons. The summed E-state index contributed by atoms with van der Waals surface area (Å²) in [4.78, 5) is 28.4. The first-order valence-electron chi connectivity index (χ1n) is 13.6. The van der Waals surface area contributed by atoms with Gasteiger partial charge in [-0.3, -0.25) is 9.59 Å². The first kappa shape index (κ1) is 29.5. The minimum absolute atomic E-state index is 0.0765. The second-order valence-corrected chi connectivity index (χ2v) is 11.4. The highest BCUT2D eigenvalue weighted by molar-refractivity contribution is 14.1. The number of amides is 2. The summed E-state index contributed by atoms with van der Waals surface area (Å²) in [7, 11) is 0. The fourth-order valence-corrected chi connectivity index (χ4v) is 5.98. The van der Waals surface area contributed by atoms with Crippen molar-refractivity contribution in [1.82, 2.24) is 10.2 Å². The lowest BCUT2D eigenvalue weighted by atomic mass is 9.87. The van der Waals surface area contributed by atoms with Crippen molar-refractivity contribution in [3.63, 3.8) is 0 Å². The Labute approximate surface area is 242 Å². The van der Waals surface area contributed by atoms with Gasteiger partial charge >= 0.3 is 0 Å². The molecule has 0 spiro atoms. The van der Waals surface area contributed by atoms with E-state index in [4.69, 9.17) is 4.74 Å². The smallest absolute Gasteiger partial charge is 0.247 e. The molecule has 3 N–H and O–H groups in total. The Bertz CT molecular complexity index is 1170. The quantitative estimate of drug-likeness (QED) is 0.320. The molecule has 2 aromatic carbocycles. The molecule has 9 heteroatoms. The van der Waals surface area contributed by atoms with Crippen molar-refractivity contribution >= 4 is 34.4 Å². The molecule has 0 aromatic heterocycles. The average Bonchev–Trinajstić information content (AvgIpc) is 3.43. The summed E-state index contributed by atoms with van der Waals surface area (Å²) in [6.45, 7) is 0.167. The van der Waals surface area contributed by atoms with Gasteiger partial charge in [0.1, 0.15) is 23.8 Å². The molecule has 7 nitrogen and oxygen atoms in total. The lowest BCUT2D eigenvalue weighted by Crippen LogP contribution is -2.55. The van der Waals surface area contributed by atoms with E-state index in [2.05, 4.69) is 27.9 Å². The standard InChI is InChI=1S/C30H36FIN2O5/c31-23-9-5-8-21(16-23)12-14-34(28(36)17-20-6-1-2-7-20)25-18-22(30(38)33-13-15-35)19-27(29(25)37)39-26-11-4-3-10-24(26)32/h3-5,8-11,16,19-20,25,27,29,35,37H,1-2,6-7,12-15,17-18H2,(H,33,38). The number of aliphatic hydroxyl groups excluding tert-OH is 2. The first-order valence-corrected chi connectivity index (χ1v) is 14.7. The highest BCUT2D eigenvalue weighted by atomic mass is 127. The van der Waals surface area contributed by atoms with Gasteiger partial charge in [0.05, 0.1) is 16.2 Å². The van der Waals surface area contributed by atoms with Gasteiger partial charge in [0.25, 0.3) is 0 Å². The van der Waals surface area contributed by atoms with Crippen LogP contribution in [0.5, 0.6) is 5.75 Å². The Kier molecular flexibility index (Phi) is 10.8. The lowest BCUT2D eigenvalue weighted by Gasteiger charge is -2.41. The third-order valence-corrected chi connectivity index (χ3v) is 8.39. The van der Waals surface area contributed by atoms with E-state index < -0.39 is 18.2 Å². The van der Waals surface area contributed by atoms with Crippen LogP contribution < -0.4 is 10.1 Å². The molecule has 3 atom stereocenters. The van der Waals surface area contributed by atoms with Crippen LogP contribution in [-0.4, -0.2) is 64.9 Å². The van der Waals surface area contributed by atoms with Gasteiger partial charge in [-0.15, -0.1) is 0 Å². The molecule has 2 aromatic rings. The molecule has 0 saturated heterocycles. The summed E-state index contributed by atoms with van der Waals surface area (Å²) < 4.78 is 20.9. The van der Waals surface area contributed by atoms with E-state index in [1.165, 1.54) is 12.1 Å². The number of halogens is 2.